The molecule has 2 heterocycles. The Labute approximate surface area is 224 Å². The average molecular weight is 503 g/mol. The minimum Gasteiger partial charge on any atom is -0.366 e. The molecular weight excluding hydrogens is 456 g/mol. The van der Waals surface area contributed by atoms with Crippen molar-refractivity contribution in [3.8, 4) is 0 Å². The second-order valence-electron chi connectivity index (χ2n) is 11.7. The molecule has 5 nitrogen and oxygen atoms in total. The second kappa shape index (κ2) is 11.9. The van der Waals surface area contributed by atoms with E-state index in [-0.39, 0.29) is 17.9 Å². The lowest BCUT2D eigenvalue weighted by Crippen LogP contribution is -2.26. The van der Waals surface area contributed by atoms with Gasteiger partial charge in [0.1, 0.15) is 0 Å². The number of benzene rings is 1. The van der Waals surface area contributed by atoms with Crippen LogP contribution in [-0.2, 0) is 0 Å². The highest BCUT2D eigenvalue weighted by Gasteiger charge is 2.33. The molecule has 1 aromatic rings. The van der Waals surface area contributed by atoms with Gasteiger partial charge in [-0.2, -0.15) is 0 Å². The van der Waals surface area contributed by atoms with Crippen molar-refractivity contribution >= 4 is 29.6 Å². The number of hydrogen-bond acceptors (Lipinski definition) is 4. The Hall–Kier alpha value is -2.53. The summed E-state index contributed by atoms with van der Waals surface area (Å²) in [4.78, 5) is 25.0. The second-order valence-corrected chi connectivity index (χ2v) is 11.7. The van der Waals surface area contributed by atoms with E-state index in [9.17, 15) is 4.79 Å². The summed E-state index contributed by atoms with van der Waals surface area (Å²) in [6.45, 7) is 10.1. The first-order chi connectivity index (χ1) is 17.7. The summed E-state index contributed by atoms with van der Waals surface area (Å²) in [5.74, 6) is 1.62. The van der Waals surface area contributed by atoms with Gasteiger partial charge < -0.3 is 10.6 Å². The van der Waals surface area contributed by atoms with Gasteiger partial charge in [-0.1, -0.05) is 45.9 Å². The normalized spacial score (nSPS) is 26.0. The van der Waals surface area contributed by atoms with Crippen LogP contribution in [0.4, 0.5) is 5.69 Å². The highest BCUT2D eigenvalue weighted by atomic mass is 16.1. The van der Waals surface area contributed by atoms with Crippen LogP contribution in [0.2, 0.25) is 0 Å². The Morgan fingerprint density at radius 1 is 1.22 bits per heavy atom. The van der Waals surface area contributed by atoms with Gasteiger partial charge in [0.05, 0.1) is 17.3 Å². The molecule has 0 aromatic heterocycles. The summed E-state index contributed by atoms with van der Waals surface area (Å²) in [6, 6.07) is 2.47. The average Bonchev–Trinajstić information content (AvgIpc) is 2.90. The van der Waals surface area contributed by atoms with Crippen LogP contribution < -0.4 is 5.73 Å². The molecule has 0 radical (unpaired) electrons. The first-order valence-corrected chi connectivity index (χ1v) is 14.4. The number of nitrogens with zero attached hydrogens (tertiary/aromatic N) is 3. The van der Waals surface area contributed by atoms with E-state index in [2.05, 4.69) is 77.2 Å². The lowest BCUT2D eigenvalue weighted by molar-refractivity contribution is 0.0999. The third-order valence-electron chi connectivity index (χ3n) is 8.93. The molecule has 1 amide bonds. The third kappa shape index (κ3) is 5.82. The monoisotopic (exact) mass is 502 g/mol. The lowest BCUT2D eigenvalue weighted by Gasteiger charge is -2.33. The van der Waals surface area contributed by atoms with Gasteiger partial charge in [0.25, 0.3) is 5.91 Å². The van der Waals surface area contributed by atoms with Crippen LogP contribution in [0.1, 0.15) is 105 Å². The van der Waals surface area contributed by atoms with Gasteiger partial charge in [-0.15, -0.1) is 0 Å². The van der Waals surface area contributed by atoms with E-state index in [1.807, 2.05) is 6.21 Å². The summed E-state index contributed by atoms with van der Waals surface area (Å²) in [7, 11) is 4.23. The maximum absolute atomic E-state index is 12.9. The summed E-state index contributed by atoms with van der Waals surface area (Å²) in [5, 5.41) is 0. The van der Waals surface area contributed by atoms with Crippen LogP contribution >= 0.6 is 0 Å². The maximum Gasteiger partial charge on any atom is 0.251 e. The number of carbonyl (C=O) groups excluding carboxylic acids is 1. The minimum absolute atomic E-state index is 0.187. The number of rotatable bonds is 10. The first-order valence-electron chi connectivity index (χ1n) is 14.4. The summed E-state index contributed by atoms with van der Waals surface area (Å²) >= 11 is 0. The van der Waals surface area contributed by atoms with E-state index in [0.29, 0.717) is 29.2 Å². The van der Waals surface area contributed by atoms with Crippen LogP contribution in [0.25, 0.3) is 5.57 Å². The number of amides is 1. The van der Waals surface area contributed by atoms with Crippen LogP contribution in [0.15, 0.2) is 34.3 Å². The fraction of sp³-hybridized carbons (Fsp3) is 0.594. The predicted octanol–water partition coefficient (Wildman–Crippen LogP) is 6.91. The van der Waals surface area contributed by atoms with Crippen LogP contribution in [-0.4, -0.2) is 49.9 Å². The minimum atomic E-state index is -0.366. The van der Waals surface area contributed by atoms with Crippen LogP contribution in [0, 0.1) is 17.8 Å². The summed E-state index contributed by atoms with van der Waals surface area (Å²) < 4.78 is 0. The smallest absolute Gasteiger partial charge is 0.251 e. The predicted molar refractivity (Wildman–Crippen MR) is 157 cm³/mol. The van der Waals surface area contributed by atoms with Crippen LogP contribution in [0.3, 0.4) is 0 Å². The van der Waals surface area contributed by atoms with Crippen molar-refractivity contribution in [1.29, 1.82) is 0 Å². The topological polar surface area (TPSA) is 71.0 Å². The maximum atomic E-state index is 12.9. The fourth-order valence-corrected chi connectivity index (χ4v) is 6.31. The molecular formula is C32H46N4O. The van der Waals surface area contributed by atoms with Crippen molar-refractivity contribution in [3.63, 3.8) is 0 Å². The van der Waals surface area contributed by atoms with Gasteiger partial charge in [0.15, 0.2) is 0 Å². The first kappa shape index (κ1) is 27.5. The quantitative estimate of drug-likeness (QED) is 0.378. The highest BCUT2D eigenvalue weighted by Crippen LogP contribution is 2.47. The molecule has 2 aliphatic heterocycles. The fourth-order valence-electron chi connectivity index (χ4n) is 6.31. The molecule has 6 atom stereocenters. The zero-order valence-electron chi connectivity index (χ0n) is 23.7. The Bertz CT molecular complexity index is 1110. The Kier molecular flexibility index (Phi) is 8.84. The molecule has 3 aliphatic rings. The van der Waals surface area contributed by atoms with Gasteiger partial charge in [-0.05, 0) is 111 Å². The molecule has 1 aliphatic carbocycles. The molecule has 6 unspecified atom stereocenters. The van der Waals surface area contributed by atoms with E-state index >= 15 is 0 Å². The van der Waals surface area contributed by atoms with Crippen LogP contribution in [0.5, 0.6) is 0 Å². The van der Waals surface area contributed by atoms with E-state index in [0.717, 1.165) is 56.3 Å². The molecule has 4 rings (SSSR count). The zero-order valence-corrected chi connectivity index (χ0v) is 23.7. The van der Waals surface area contributed by atoms with Gasteiger partial charge in [-0.3, -0.25) is 14.8 Å². The van der Waals surface area contributed by atoms with E-state index in [1.165, 1.54) is 16.7 Å². The summed E-state index contributed by atoms with van der Waals surface area (Å²) in [6.07, 6.45) is 17.6. The van der Waals surface area contributed by atoms with Gasteiger partial charge >= 0.3 is 0 Å². The Morgan fingerprint density at radius 2 is 2.00 bits per heavy atom. The third-order valence-corrected chi connectivity index (χ3v) is 8.93. The SMILES string of the molecule is CCC1C=NC2C=C(c3cc(C(C)C(C)CCCN(C)C)c(C(N)=O)c4c3C(CC)CC=N4)C=CC2C1. The summed E-state index contributed by atoms with van der Waals surface area (Å²) in [5.41, 5.74) is 12.2. The molecule has 1 aromatic carbocycles. The van der Waals surface area contributed by atoms with Gasteiger partial charge in [0.2, 0.25) is 0 Å². The van der Waals surface area contributed by atoms with Crippen molar-refractivity contribution in [2.24, 2.45) is 33.5 Å². The molecule has 5 heteroatoms. The Balaban J connectivity index is 1.81. The molecule has 0 fully saturated rings. The van der Waals surface area contributed by atoms with Crippen molar-refractivity contribution in [2.45, 2.75) is 84.1 Å². The number of carbonyl (C=O) groups is 1. The molecule has 0 saturated carbocycles. The van der Waals surface area contributed by atoms with Gasteiger partial charge in [-0.25, -0.2) is 0 Å². The molecule has 0 bridgehead atoms. The molecule has 2 N–H and O–H groups in total. The van der Waals surface area contributed by atoms with Crippen molar-refractivity contribution in [3.05, 3.63) is 46.5 Å². The number of hydrogen-bond donors (Lipinski definition) is 1. The number of primary amides is 1. The number of nitrogens with two attached hydrogens (primary N) is 1. The van der Waals surface area contributed by atoms with Crippen molar-refractivity contribution < 1.29 is 4.79 Å². The number of fused-ring (bicyclic) bond motifs is 2. The highest BCUT2D eigenvalue weighted by molar-refractivity contribution is 6.03. The van der Waals surface area contributed by atoms with E-state index < -0.39 is 0 Å². The lowest BCUT2D eigenvalue weighted by atomic mass is 9.74. The molecule has 37 heavy (non-hydrogen) atoms. The number of aliphatic imine (C=N–C) groups is 2. The van der Waals surface area contributed by atoms with E-state index in [4.69, 9.17) is 15.7 Å². The van der Waals surface area contributed by atoms with Crippen molar-refractivity contribution in [1.82, 2.24) is 4.90 Å². The molecule has 200 valence electrons. The zero-order chi connectivity index (χ0) is 26.7. The standard InChI is InChI=1S/C32H46N4O/c1-7-22-16-25-12-11-24(17-28(25)35-19-22)27-18-26(21(4)20(3)10-9-15-36(5)6)30(32(33)37)31-29(27)23(8-2)13-14-34-31/h11-12,14,17-23,25,28H,7-10,13,15-16H2,1-6H3,(H2,33,37). The largest absolute Gasteiger partial charge is 0.366 e. The molecule has 0 spiro atoms. The Morgan fingerprint density at radius 3 is 2.68 bits per heavy atom. The van der Waals surface area contributed by atoms with Gasteiger partial charge in [0, 0.05) is 18.3 Å². The van der Waals surface area contributed by atoms with E-state index in [1.54, 1.807) is 0 Å². The molecule has 0 saturated heterocycles. The van der Waals surface area contributed by atoms with Crippen molar-refractivity contribution in [2.75, 3.05) is 20.6 Å². The number of allylic oxidation sites excluding steroid dienone is 2.